The lowest BCUT2D eigenvalue weighted by molar-refractivity contribution is 0.371. The second kappa shape index (κ2) is 3.67. The highest BCUT2D eigenvalue weighted by Gasteiger charge is 2.24. The third kappa shape index (κ3) is 2.22. The van der Waals surface area contributed by atoms with E-state index in [1.165, 1.54) is 5.56 Å². The van der Waals surface area contributed by atoms with E-state index in [1.807, 2.05) is 12.3 Å². The summed E-state index contributed by atoms with van der Waals surface area (Å²) < 4.78 is 0. The van der Waals surface area contributed by atoms with Crippen LogP contribution in [0.15, 0.2) is 18.5 Å². The van der Waals surface area contributed by atoms with Gasteiger partial charge in [-0.05, 0) is 23.0 Å². The van der Waals surface area contributed by atoms with Crippen LogP contribution in [0.2, 0.25) is 5.02 Å². The molecule has 13 heavy (non-hydrogen) atoms. The molecule has 1 rings (SSSR count). The fourth-order valence-electron chi connectivity index (χ4n) is 1.10. The van der Waals surface area contributed by atoms with Crippen molar-refractivity contribution >= 4 is 11.6 Å². The number of aromatic nitrogens is 1. The Hall–Kier alpha value is -0.560. The van der Waals surface area contributed by atoms with Crippen molar-refractivity contribution < 1.29 is 0 Å². The quantitative estimate of drug-likeness (QED) is 0.705. The van der Waals surface area contributed by atoms with Gasteiger partial charge in [0, 0.05) is 12.4 Å². The number of pyridine rings is 1. The molecule has 1 nitrogen and oxygen atoms in total. The monoisotopic (exact) mass is 197 g/mol. The highest BCUT2D eigenvalue weighted by molar-refractivity contribution is 6.30. The van der Waals surface area contributed by atoms with Crippen molar-refractivity contribution in [2.75, 3.05) is 0 Å². The molecule has 0 aliphatic rings. The average Bonchev–Trinajstić information content (AvgIpc) is 2.04. The lowest BCUT2D eigenvalue weighted by Gasteiger charge is -2.29. The molecule has 1 aromatic heterocycles. The second-order valence-electron chi connectivity index (χ2n) is 4.27. The van der Waals surface area contributed by atoms with Crippen LogP contribution in [-0.4, -0.2) is 4.98 Å². The summed E-state index contributed by atoms with van der Waals surface area (Å²) in [6.07, 6.45) is 3.56. The van der Waals surface area contributed by atoms with Crippen LogP contribution in [0.25, 0.3) is 0 Å². The number of rotatable bonds is 2. The van der Waals surface area contributed by atoms with Gasteiger partial charge in [-0.3, -0.25) is 4.98 Å². The molecule has 0 aliphatic carbocycles. The first-order valence-corrected chi connectivity index (χ1v) is 4.93. The molecular formula is C11H16ClN. The largest absolute Gasteiger partial charge is 0.263 e. The lowest BCUT2D eigenvalue weighted by Crippen LogP contribution is -2.24. The number of halogens is 1. The summed E-state index contributed by atoms with van der Waals surface area (Å²) in [6, 6.07) is 1.99. The first kappa shape index (κ1) is 10.5. The summed E-state index contributed by atoms with van der Waals surface area (Å²) in [5.74, 6) is 0.577. The van der Waals surface area contributed by atoms with E-state index in [1.54, 1.807) is 6.20 Å². The summed E-state index contributed by atoms with van der Waals surface area (Å²) >= 11 is 5.89. The Morgan fingerprint density at radius 1 is 1.31 bits per heavy atom. The molecule has 1 heterocycles. The Morgan fingerprint density at radius 3 is 2.38 bits per heavy atom. The number of hydrogen-bond acceptors (Lipinski definition) is 1. The first-order valence-electron chi connectivity index (χ1n) is 4.55. The zero-order valence-electron chi connectivity index (χ0n) is 8.63. The number of nitrogens with zero attached hydrogens (tertiary/aromatic N) is 1. The summed E-state index contributed by atoms with van der Waals surface area (Å²) in [5.41, 5.74) is 1.34. The second-order valence-corrected chi connectivity index (χ2v) is 4.70. The molecule has 2 heteroatoms. The molecule has 0 saturated carbocycles. The third-order valence-corrected chi connectivity index (χ3v) is 3.10. The first-order chi connectivity index (χ1) is 5.94. The maximum absolute atomic E-state index is 5.89. The fraction of sp³-hybridized carbons (Fsp3) is 0.545. The Balaban J connectivity index is 3.07. The van der Waals surface area contributed by atoms with Gasteiger partial charge in [-0.15, -0.1) is 0 Å². The summed E-state index contributed by atoms with van der Waals surface area (Å²) in [5, 5.41) is 0.714. The Morgan fingerprint density at radius 2 is 1.92 bits per heavy atom. The van der Waals surface area contributed by atoms with Gasteiger partial charge in [0.2, 0.25) is 0 Å². The maximum atomic E-state index is 5.89. The van der Waals surface area contributed by atoms with Crippen LogP contribution < -0.4 is 0 Å². The topological polar surface area (TPSA) is 12.9 Å². The summed E-state index contributed by atoms with van der Waals surface area (Å²) in [6.45, 7) is 8.85. The fourth-order valence-corrected chi connectivity index (χ4v) is 1.27. The Labute approximate surface area is 85.1 Å². The van der Waals surface area contributed by atoms with Gasteiger partial charge >= 0.3 is 0 Å². The molecule has 1 aromatic rings. The zero-order valence-corrected chi connectivity index (χ0v) is 9.39. The highest BCUT2D eigenvalue weighted by atomic mass is 35.5. The molecule has 0 radical (unpaired) electrons. The maximum Gasteiger partial charge on any atom is 0.0592 e. The molecule has 0 unspecified atom stereocenters. The van der Waals surface area contributed by atoms with Gasteiger partial charge in [0.25, 0.3) is 0 Å². The van der Waals surface area contributed by atoms with Gasteiger partial charge in [0.1, 0.15) is 0 Å². The lowest BCUT2D eigenvalue weighted by atomic mass is 9.76. The van der Waals surface area contributed by atoms with Crippen LogP contribution in [0, 0.1) is 5.92 Å². The Kier molecular flexibility index (Phi) is 2.97. The van der Waals surface area contributed by atoms with E-state index in [0.29, 0.717) is 10.9 Å². The molecular weight excluding hydrogens is 182 g/mol. The molecule has 0 atom stereocenters. The summed E-state index contributed by atoms with van der Waals surface area (Å²) in [7, 11) is 0. The normalized spacial score (nSPS) is 12.2. The minimum absolute atomic E-state index is 0.137. The minimum atomic E-state index is 0.137. The van der Waals surface area contributed by atoms with Crippen molar-refractivity contribution in [3.63, 3.8) is 0 Å². The van der Waals surface area contributed by atoms with Gasteiger partial charge in [0.15, 0.2) is 0 Å². The minimum Gasteiger partial charge on any atom is -0.263 e. The van der Waals surface area contributed by atoms with Gasteiger partial charge in [-0.1, -0.05) is 39.3 Å². The van der Waals surface area contributed by atoms with Gasteiger partial charge in [-0.2, -0.15) is 0 Å². The zero-order chi connectivity index (χ0) is 10.1. The van der Waals surface area contributed by atoms with Crippen molar-refractivity contribution in [3.05, 3.63) is 29.0 Å². The van der Waals surface area contributed by atoms with Crippen molar-refractivity contribution in [1.29, 1.82) is 0 Å². The Bertz CT molecular complexity index is 292. The van der Waals surface area contributed by atoms with Gasteiger partial charge in [0.05, 0.1) is 5.02 Å². The van der Waals surface area contributed by atoms with Crippen molar-refractivity contribution in [1.82, 2.24) is 4.98 Å². The van der Waals surface area contributed by atoms with Crippen LogP contribution in [0.5, 0.6) is 0 Å². The van der Waals surface area contributed by atoms with Crippen molar-refractivity contribution in [2.45, 2.75) is 33.1 Å². The van der Waals surface area contributed by atoms with Crippen molar-refractivity contribution in [2.24, 2.45) is 5.92 Å². The SMILES string of the molecule is CC(C)C(C)(C)c1cncc(Cl)c1. The molecule has 0 aliphatic heterocycles. The molecule has 0 aromatic carbocycles. The predicted molar refractivity (Wildman–Crippen MR) is 57.1 cm³/mol. The van der Waals surface area contributed by atoms with E-state index in [4.69, 9.17) is 11.6 Å². The molecule has 0 N–H and O–H groups in total. The average molecular weight is 198 g/mol. The van der Waals surface area contributed by atoms with Gasteiger partial charge in [-0.25, -0.2) is 0 Å². The molecule has 0 amide bonds. The smallest absolute Gasteiger partial charge is 0.0592 e. The molecule has 0 bridgehead atoms. The summed E-state index contributed by atoms with van der Waals surface area (Å²) in [4.78, 5) is 4.10. The van der Waals surface area contributed by atoms with Gasteiger partial charge < -0.3 is 0 Å². The molecule has 0 spiro atoms. The molecule has 0 fully saturated rings. The van der Waals surface area contributed by atoms with Crippen LogP contribution in [0.1, 0.15) is 33.3 Å². The highest BCUT2D eigenvalue weighted by Crippen LogP contribution is 2.31. The van der Waals surface area contributed by atoms with E-state index in [-0.39, 0.29) is 5.41 Å². The van der Waals surface area contributed by atoms with Crippen LogP contribution in [-0.2, 0) is 5.41 Å². The van der Waals surface area contributed by atoms with E-state index in [9.17, 15) is 0 Å². The van der Waals surface area contributed by atoms with Crippen LogP contribution >= 0.6 is 11.6 Å². The molecule has 0 saturated heterocycles. The number of hydrogen-bond donors (Lipinski definition) is 0. The van der Waals surface area contributed by atoms with E-state index < -0.39 is 0 Å². The van der Waals surface area contributed by atoms with E-state index >= 15 is 0 Å². The standard InChI is InChI=1S/C11H16ClN/c1-8(2)11(3,4)9-5-10(12)7-13-6-9/h5-8H,1-4H3. The van der Waals surface area contributed by atoms with Crippen molar-refractivity contribution in [3.8, 4) is 0 Å². The van der Waals surface area contributed by atoms with Crippen LogP contribution in [0.3, 0.4) is 0 Å². The van der Waals surface area contributed by atoms with Crippen LogP contribution in [0.4, 0.5) is 0 Å². The van der Waals surface area contributed by atoms with E-state index in [0.717, 1.165) is 0 Å². The molecule has 72 valence electrons. The van der Waals surface area contributed by atoms with E-state index in [2.05, 4.69) is 32.7 Å². The third-order valence-electron chi connectivity index (χ3n) is 2.89. The predicted octanol–water partition coefficient (Wildman–Crippen LogP) is 3.67.